The van der Waals surface area contributed by atoms with Gasteiger partial charge in [-0.1, -0.05) is 0 Å². The van der Waals surface area contributed by atoms with Gasteiger partial charge in [0, 0.05) is 4.88 Å². The Morgan fingerprint density at radius 1 is 1.35 bits per heavy atom. The van der Waals surface area contributed by atoms with Crippen LogP contribution < -0.4 is 11.1 Å². The van der Waals surface area contributed by atoms with Crippen LogP contribution in [0.4, 0.5) is 11.5 Å². The lowest BCUT2D eigenvalue weighted by Crippen LogP contribution is -2.06. The number of rotatable bonds is 3. The molecule has 3 N–H and O–H groups in total. The van der Waals surface area contributed by atoms with Gasteiger partial charge in [0.15, 0.2) is 0 Å². The smallest absolute Gasteiger partial charge is 0.123 e. The van der Waals surface area contributed by atoms with Crippen LogP contribution in [0.1, 0.15) is 28.5 Å². The third kappa shape index (κ3) is 2.74. The van der Waals surface area contributed by atoms with Crippen molar-refractivity contribution in [1.29, 1.82) is 0 Å². The number of thiazole rings is 1. The minimum atomic E-state index is 0.228. The molecule has 1 atom stereocenters. The topological polar surface area (TPSA) is 63.8 Å². The highest BCUT2D eigenvalue weighted by Crippen LogP contribution is 2.27. The normalized spacial score (nSPS) is 12.4. The van der Waals surface area contributed by atoms with E-state index in [4.69, 9.17) is 5.73 Å². The van der Waals surface area contributed by atoms with Crippen molar-refractivity contribution >= 4 is 22.8 Å². The van der Waals surface area contributed by atoms with Gasteiger partial charge < -0.3 is 11.1 Å². The maximum Gasteiger partial charge on any atom is 0.123 e. The summed E-state index contributed by atoms with van der Waals surface area (Å²) in [4.78, 5) is 9.75. The van der Waals surface area contributed by atoms with E-state index < -0.39 is 0 Å². The molecule has 2 aromatic rings. The lowest BCUT2D eigenvalue weighted by Gasteiger charge is -2.13. The number of anilines is 2. The van der Waals surface area contributed by atoms with Crippen LogP contribution in [0, 0.1) is 13.8 Å². The van der Waals surface area contributed by atoms with Crippen molar-refractivity contribution in [3.05, 3.63) is 33.9 Å². The predicted molar refractivity (Wildman–Crippen MR) is 72.3 cm³/mol. The van der Waals surface area contributed by atoms with Gasteiger partial charge >= 0.3 is 0 Å². The van der Waals surface area contributed by atoms with Gasteiger partial charge in [0.25, 0.3) is 0 Å². The van der Waals surface area contributed by atoms with E-state index in [-0.39, 0.29) is 6.04 Å². The second kappa shape index (κ2) is 4.71. The Hall–Kier alpha value is -1.62. The lowest BCUT2D eigenvalue weighted by molar-refractivity contribution is 0.888. The summed E-state index contributed by atoms with van der Waals surface area (Å²) in [6.07, 6.45) is 1.75. The van der Waals surface area contributed by atoms with Crippen molar-refractivity contribution < 1.29 is 0 Å². The molecule has 2 rings (SSSR count). The van der Waals surface area contributed by atoms with Gasteiger partial charge in [-0.2, -0.15) is 0 Å². The van der Waals surface area contributed by atoms with Crippen LogP contribution in [-0.4, -0.2) is 9.97 Å². The molecule has 5 heteroatoms. The second-order valence-electron chi connectivity index (χ2n) is 4.02. The zero-order valence-corrected chi connectivity index (χ0v) is 11.0. The number of hydrogen-bond acceptors (Lipinski definition) is 5. The number of nitrogens with zero attached hydrogens (tertiary/aromatic N) is 2. The molecule has 0 saturated carbocycles. The molecule has 0 aromatic carbocycles. The van der Waals surface area contributed by atoms with Crippen LogP contribution >= 0.6 is 11.3 Å². The van der Waals surface area contributed by atoms with E-state index in [1.165, 1.54) is 4.88 Å². The van der Waals surface area contributed by atoms with Crippen molar-refractivity contribution in [3.63, 3.8) is 0 Å². The Morgan fingerprint density at radius 2 is 2.12 bits per heavy atom. The Bertz CT molecular complexity index is 504. The Labute approximate surface area is 105 Å². The third-order valence-corrected chi connectivity index (χ3v) is 3.76. The highest BCUT2D eigenvalue weighted by molar-refractivity contribution is 7.11. The lowest BCUT2D eigenvalue weighted by atomic mass is 10.2. The number of aromatic nitrogens is 2. The minimum Gasteiger partial charge on any atom is -0.384 e. The van der Waals surface area contributed by atoms with Gasteiger partial charge in [0.05, 0.1) is 28.6 Å². The summed E-state index contributed by atoms with van der Waals surface area (Å²) in [7, 11) is 0. The van der Waals surface area contributed by atoms with Crippen molar-refractivity contribution in [2.24, 2.45) is 0 Å². The van der Waals surface area contributed by atoms with Gasteiger partial charge in [-0.05, 0) is 32.9 Å². The molecule has 0 aliphatic carbocycles. The molecule has 0 saturated heterocycles. The first-order valence-electron chi connectivity index (χ1n) is 5.48. The minimum absolute atomic E-state index is 0.228. The number of aryl methyl sites for hydroxylation is 2. The first-order valence-corrected chi connectivity index (χ1v) is 6.30. The van der Waals surface area contributed by atoms with Crippen LogP contribution in [-0.2, 0) is 0 Å². The molecule has 2 heterocycles. The summed E-state index contributed by atoms with van der Waals surface area (Å²) in [5.74, 6) is 0.535. The van der Waals surface area contributed by atoms with E-state index >= 15 is 0 Å². The molecule has 0 bridgehead atoms. The highest BCUT2D eigenvalue weighted by atomic mass is 32.1. The fraction of sp³-hybridized carbons (Fsp3) is 0.333. The molecule has 2 aromatic heterocycles. The number of hydrogen-bond donors (Lipinski definition) is 2. The third-order valence-electron chi connectivity index (χ3n) is 2.50. The number of pyridine rings is 1. The average Bonchev–Trinajstić information content (AvgIpc) is 2.61. The Kier molecular flexibility index (Phi) is 3.28. The van der Waals surface area contributed by atoms with E-state index in [1.807, 2.05) is 19.9 Å². The Balaban J connectivity index is 2.14. The van der Waals surface area contributed by atoms with E-state index in [0.29, 0.717) is 5.82 Å². The SMILES string of the molecule is Cc1nc(C)c(C(C)Nc2ccc(N)nc2)s1. The summed E-state index contributed by atoms with van der Waals surface area (Å²) < 4.78 is 0. The molecule has 4 nitrogen and oxygen atoms in total. The van der Waals surface area contributed by atoms with E-state index in [9.17, 15) is 0 Å². The molecular formula is C12H16N4S. The van der Waals surface area contributed by atoms with Crippen LogP contribution in [0.5, 0.6) is 0 Å². The molecular weight excluding hydrogens is 232 g/mol. The van der Waals surface area contributed by atoms with Crippen molar-refractivity contribution in [2.75, 3.05) is 11.1 Å². The predicted octanol–water partition coefficient (Wildman–Crippen LogP) is 2.91. The molecule has 0 spiro atoms. The molecule has 0 aliphatic heterocycles. The largest absolute Gasteiger partial charge is 0.384 e. The second-order valence-corrected chi connectivity index (χ2v) is 5.26. The molecule has 0 fully saturated rings. The molecule has 0 aliphatic rings. The first-order chi connectivity index (χ1) is 8.06. The summed E-state index contributed by atoms with van der Waals surface area (Å²) in [6, 6.07) is 3.95. The summed E-state index contributed by atoms with van der Waals surface area (Å²) in [5, 5.41) is 4.49. The fourth-order valence-corrected chi connectivity index (χ4v) is 2.68. The van der Waals surface area contributed by atoms with E-state index in [2.05, 4.69) is 22.2 Å². The van der Waals surface area contributed by atoms with Crippen LogP contribution in [0.2, 0.25) is 0 Å². The molecule has 0 radical (unpaired) electrons. The quantitative estimate of drug-likeness (QED) is 0.876. The zero-order chi connectivity index (χ0) is 12.4. The first kappa shape index (κ1) is 11.9. The maximum absolute atomic E-state index is 5.55. The van der Waals surface area contributed by atoms with Gasteiger partial charge in [-0.15, -0.1) is 11.3 Å². The monoisotopic (exact) mass is 248 g/mol. The van der Waals surface area contributed by atoms with Crippen LogP contribution in [0.15, 0.2) is 18.3 Å². The highest BCUT2D eigenvalue weighted by Gasteiger charge is 2.12. The van der Waals surface area contributed by atoms with Crippen molar-refractivity contribution in [2.45, 2.75) is 26.8 Å². The summed E-state index contributed by atoms with van der Waals surface area (Å²) in [5.41, 5.74) is 7.61. The standard InChI is InChI=1S/C12H16N4S/c1-7-12(17-9(3)15-7)8(2)16-10-4-5-11(13)14-6-10/h4-6,8,16H,1-3H3,(H2,13,14). The fourth-order valence-electron chi connectivity index (χ4n) is 1.76. The summed E-state index contributed by atoms with van der Waals surface area (Å²) in [6.45, 7) is 6.19. The van der Waals surface area contributed by atoms with Crippen molar-refractivity contribution in [1.82, 2.24) is 9.97 Å². The number of nitrogens with two attached hydrogens (primary N) is 1. The number of nitrogens with one attached hydrogen (secondary N) is 1. The van der Waals surface area contributed by atoms with Crippen molar-refractivity contribution in [3.8, 4) is 0 Å². The molecule has 1 unspecified atom stereocenters. The van der Waals surface area contributed by atoms with E-state index in [0.717, 1.165) is 16.4 Å². The van der Waals surface area contributed by atoms with Gasteiger partial charge in [0.2, 0.25) is 0 Å². The van der Waals surface area contributed by atoms with Gasteiger partial charge in [0.1, 0.15) is 5.82 Å². The Morgan fingerprint density at radius 3 is 2.65 bits per heavy atom. The van der Waals surface area contributed by atoms with Gasteiger partial charge in [-0.25, -0.2) is 9.97 Å². The molecule has 90 valence electrons. The van der Waals surface area contributed by atoms with Gasteiger partial charge in [-0.3, -0.25) is 0 Å². The van der Waals surface area contributed by atoms with Crippen LogP contribution in [0.25, 0.3) is 0 Å². The van der Waals surface area contributed by atoms with E-state index in [1.54, 1.807) is 23.6 Å². The maximum atomic E-state index is 5.55. The molecule has 0 amide bonds. The number of nitrogen functional groups attached to an aromatic ring is 1. The summed E-state index contributed by atoms with van der Waals surface area (Å²) >= 11 is 1.73. The molecule has 17 heavy (non-hydrogen) atoms. The zero-order valence-electron chi connectivity index (χ0n) is 10.2. The average molecular weight is 248 g/mol. The van der Waals surface area contributed by atoms with Crippen LogP contribution in [0.3, 0.4) is 0 Å².